The number of non-ortho nitro benzene ring substituents is 1. The standard InChI is InChI=1S/C23H16ClN3O6/c24-16-5-3-12(4-6-16)23(30)33-18-8-7-17(27(31)32)10-15(18)11-25-26-21(28)19-13-1-2-14(9-13)20(19)22(26)29/h1-8,10-11,13-14,19-20H,9H2. The molecule has 2 aliphatic carbocycles. The molecule has 1 aliphatic heterocycles. The Morgan fingerprint density at radius 2 is 1.73 bits per heavy atom. The highest BCUT2D eigenvalue weighted by Crippen LogP contribution is 2.52. The monoisotopic (exact) mass is 465 g/mol. The van der Waals surface area contributed by atoms with Crippen LogP contribution in [0.25, 0.3) is 0 Å². The maximum atomic E-state index is 12.8. The fourth-order valence-corrected chi connectivity index (χ4v) is 4.83. The molecule has 10 heteroatoms. The predicted molar refractivity (Wildman–Crippen MR) is 117 cm³/mol. The van der Waals surface area contributed by atoms with Gasteiger partial charge in [-0.15, -0.1) is 0 Å². The number of carbonyl (C=O) groups is 3. The molecule has 1 saturated heterocycles. The van der Waals surface area contributed by atoms with Gasteiger partial charge in [-0.05, 0) is 48.6 Å². The third kappa shape index (κ3) is 3.60. The molecule has 2 amide bonds. The Balaban J connectivity index is 1.42. The number of nitrogens with zero attached hydrogens (tertiary/aromatic N) is 3. The molecule has 0 N–H and O–H groups in total. The molecule has 3 aliphatic rings. The number of halogens is 1. The number of hydrazone groups is 1. The number of amides is 2. The normalized spacial score (nSPS) is 25.2. The molecule has 2 aromatic rings. The Hall–Kier alpha value is -3.85. The highest BCUT2D eigenvalue weighted by atomic mass is 35.5. The van der Waals surface area contributed by atoms with Gasteiger partial charge in [-0.25, -0.2) is 4.79 Å². The predicted octanol–water partition coefficient (Wildman–Crippen LogP) is 3.61. The van der Waals surface area contributed by atoms with Crippen LogP contribution in [-0.4, -0.2) is 33.9 Å². The van der Waals surface area contributed by atoms with Crippen molar-refractivity contribution in [2.45, 2.75) is 6.42 Å². The molecule has 5 rings (SSSR count). The fourth-order valence-electron chi connectivity index (χ4n) is 4.71. The number of hydrogen-bond acceptors (Lipinski definition) is 7. The molecule has 0 spiro atoms. The number of fused-ring (bicyclic) bond motifs is 5. The summed E-state index contributed by atoms with van der Waals surface area (Å²) < 4.78 is 5.40. The van der Waals surface area contributed by atoms with Gasteiger partial charge in [0.1, 0.15) is 5.75 Å². The van der Waals surface area contributed by atoms with Crippen LogP contribution in [0.15, 0.2) is 59.7 Å². The quantitative estimate of drug-likeness (QED) is 0.126. The first-order valence-corrected chi connectivity index (χ1v) is 10.6. The smallest absolute Gasteiger partial charge is 0.343 e. The second-order valence-corrected chi connectivity index (χ2v) is 8.54. The number of benzene rings is 2. The van der Waals surface area contributed by atoms with E-state index in [0.717, 1.165) is 23.7 Å². The molecule has 2 aromatic carbocycles. The third-order valence-electron chi connectivity index (χ3n) is 6.25. The second-order valence-electron chi connectivity index (χ2n) is 8.11. The van der Waals surface area contributed by atoms with Crippen LogP contribution < -0.4 is 4.74 Å². The summed E-state index contributed by atoms with van der Waals surface area (Å²) in [6.45, 7) is 0. The van der Waals surface area contributed by atoms with Crippen LogP contribution in [0.3, 0.4) is 0 Å². The molecule has 4 unspecified atom stereocenters. The third-order valence-corrected chi connectivity index (χ3v) is 6.50. The minimum absolute atomic E-state index is 0.00896. The van der Waals surface area contributed by atoms with Crippen molar-refractivity contribution in [3.05, 3.63) is 80.9 Å². The summed E-state index contributed by atoms with van der Waals surface area (Å²) in [7, 11) is 0. The van der Waals surface area contributed by atoms with Gasteiger partial charge in [-0.2, -0.15) is 10.1 Å². The number of carbonyl (C=O) groups excluding carboxylic acids is 3. The summed E-state index contributed by atoms with van der Waals surface area (Å²) in [6.07, 6.45) is 5.86. The van der Waals surface area contributed by atoms with Crippen LogP contribution in [-0.2, 0) is 9.59 Å². The number of allylic oxidation sites excluding steroid dienone is 2. The average Bonchev–Trinajstić information content (AvgIpc) is 3.47. The van der Waals surface area contributed by atoms with E-state index < -0.39 is 22.7 Å². The first-order chi connectivity index (χ1) is 15.8. The van der Waals surface area contributed by atoms with Crippen molar-refractivity contribution in [1.29, 1.82) is 0 Å². The van der Waals surface area contributed by atoms with Crippen molar-refractivity contribution in [3.8, 4) is 5.75 Å². The van der Waals surface area contributed by atoms with E-state index in [9.17, 15) is 24.5 Å². The van der Waals surface area contributed by atoms with E-state index >= 15 is 0 Å². The number of esters is 1. The molecule has 0 aromatic heterocycles. The SMILES string of the molecule is O=C(Oc1ccc([N+](=O)[O-])cc1C=NN1C(=O)C2C3C=CC(C3)C2C1=O)c1ccc(Cl)cc1. The van der Waals surface area contributed by atoms with E-state index in [2.05, 4.69) is 5.10 Å². The molecular formula is C23H16ClN3O6. The molecule has 1 heterocycles. The fraction of sp³-hybridized carbons (Fsp3) is 0.217. The maximum absolute atomic E-state index is 12.8. The zero-order valence-electron chi connectivity index (χ0n) is 17.0. The van der Waals surface area contributed by atoms with Crippen molar-refractivity contribution in [1.82, 2.24) is 5.01 Å². The summed E-state index contributed by atoms with van der Waals surface area (Å²) in [5.74, 6) is -2.26. The van der Waals surface area contributed by atoms with Gasteiger partial charge in [0.2, 0.25) is 0 Å². The first-order valence-electron chi connectivity index (χ1n) is 10.2. The highest BCUT2D eigenvalue weighted by Gasteiger charge is 2.59. The van der Waals surface area contributed by atoms with Gasteiger partial charge in [0, 0.05) is 22.7 Å². The average molecular weight is 466 g/mol. The number of imide groups is 1. The summed E-state index contributed by atoms with van der Waals surface area (Å²) >= 11 is 5.84. The minimum Gasteiger partial charge on any atom is -0.422 e. The van der Waals surface area contributed by atoms with E-state index in [0.29, 0.717) is 5.02 Å². The van der Waals surface area contributed by atoms with Gasteiger partial charge in [-0.1, -0.05) is 23.8 Å². The van der Waals surface area contributed by atoms with Crippen LogP contribution >= 0.6 is 11.6 Å². The van der Waals surface area contributed by atoms with Crippen LogP contribution in [0.2, 0.25) is 5.02 Å². The van der Waals surface area contributed by atoms with E-state index in [1.54, 1.807) is 0 Å². The summed E-state index contributed by atoms with van der Waals surface area (Å²) in [4.78, 5) is 48.7. The zero-order valence-corrected chi connectivity index (χ0v) is 17.7. The van der Waals surface area contributed by atoms with Crippen LogP contribution in [0.1, 0.15) is 22.3 Å². The van der Waals surface area contributed by atoms with Crippen molar-refractivity contribution in [3.63, 3.8) is 0 Å². The highest BCUT2D eigenvalue weighted by molar-refractivity contribution is 6.30. The number of ether oxygens (including phenoxy) is 1. The Morgan fingerprint density at radius 3 is 2.33 bits per heavy atom. The van der Waals surface area contributed by atoms with E-state index in [1.165, 1.54) is 36.4 Å². The molecule has 0 radical (unpaired) electrons. The Morgan fingerprint density at radius 1 is 1.09 bits per heavy atom. The van der Waals surface area contributed by atoms with Crippen LogP contribution in [0.5, 0.6) is 5.75 Å². The van der Waals surface area contributed by atoms with E-state index in [-0.39, 0.29) is 46.2 Å². The Bertz CT molecular complexity index is 1230. The Labute approximate surface area is 192 Å². The lowest BCUT2D eigenvalue weighted by Gasteiger charge is -2.13. The van der Waals surface area contributed by atoms with E-state index in [1.807, 2.05) is 12.2 Å². The zero-order chi connectivity index (χ0) is 23.3. The van der Waals surface area contributed by atoms with Gasteiger partial charge in [-0.3, -0.25) is 19.7 Å². The van der Waals surface area contributed by atoms with Crippen LogP contribution in [0.4, 0.5) is 5.69 Å². The van der Waals surface area contributed by atoms with Gasteiger partial charge in [0.05, 0.1) is 28.5 Å². The van der Waals surface area contributed by atoms with Crippen molar-refractivity contribution in [2.75, 3.05) is 0 Å². The number of hydrogen-bond donors (Lipinski definition) is 0. The summed E-state index contributed by atoms with van der Waals surface area (Å²) in [6, 6.07) is 9.62. The maximum Gasteiger partial charge on any atom is 0.343 e. The number of rotatable bonds is 5. The van der Waals surface area contributed by atoms with Gasteiger partial charge in [0.25, 0.3) is 17.5 Å². The molecular weight excluding hydrogens is 450 g/mol. The molecule has 4 atom stereocenters. The topological polar surface area (TPSA) is 119 Å². The number of nitro benzene ring substituents is 1. The molecule has 2 fully saturated rings. The molecule has 9 nitrogen and oxygen atoms in total. The summed E-state index contributed by atoms with van der Waals surface area (Å²) in [5.41, 5.74) is 0.0348. The van der Waals surface area contributed by atoms with Gasteiger partial charge in [0.15, 0.2) is 0 Å². The molecule has 2 bridgehead atoms. The second kappa shape index (κ2) is 7.93. The molecule has 1 saturated carbocycles. The largest absolute Gasteiger partial charge is 0.422 e. The summed E-state index contributed by atoms with van der Waals surface area (Å²) in [5, 5.41) is 16.5. The molecule has 166 valence electrons. The molecule has 33 heavy (non-hydrogen) atoms. The lowest BCUT2D eigenvalue weighted by Crippen LogP contribution is -2.28. The lowest BCUT2D eigenvalue weighted by atomic mass is 9.85. The van der Waals surface area contributed by atoms with Crippen LogP contribution in [0, 0.1) is 33.8 Å². The first kappa shape index (κ1) is 21.0. The van der Waals surface area contributed by atoms with E-state index in [4.69, 9.17) is 16.3 Å². The Kier molecular flexibility index (Phi) is 5.05. The van der Waals surface area contributed by atoms with Crippen molar-refractivity contribution in [2.24, 2.45) is 28.8 Å². The number of nitro groups is 1. The van der Waals surface area contributed by atoms with Gasteiger partial charge < -0.3 is 4.74 Å². The lowest BCUT2D eigenvalue weighted by molar-refractivity contribution is -0.384. The minimum atomic E-state index is -0.708. The van der Waals surface area contributed by atoms with Gasteiger partial charge >= 0.3 is 5.97 Å². The van der Waals surface area contributed by atoms with Crippen molar-refractivity contribution >= 4 is 41.3 Å². The van der Waals surface area contributed by atoms with Crippen molar-refractivity contribution < 1.29 is 24.0 Å².